The second-order valence-electron chi connectivity index (χ2n) is 2.71. The molecule has 0 aromatic carbocycles. The Kier molecular flexibility index (Phi) is 5.41. The van der Waals surface area contributed by atoms with Crippen LogP contribution in [0.25, 0.3) is 0 Å². The fourth-order valence-electron chi connectivity index (χ4n) is 1.31. The number of hydrogen-bond acceptors (Lipinski definition) is 4. The van der Waals surface area contributed by atoms with Crippen molar-refractivity contribution in [3.63, 3.8) is 0 Å². The van der Waals surface area contributed by atoms with Crippen LogP contribution in [-0.4, -0.2) is 28.5 Å². The third-order valence-electron chi connectivity index (χ3n) is 2.01. The number of rotatable bonds is 1. The van der Waals surface area contributed by atoms with Gasteiger partial charge in [0.15, 0.2) is 5.79 Å². The summed E-state index contributed by atoms with van der Waals surface area (Å²) in [6, 6.07) is 0. The second kappa shape index (κ2) is 5.49. The Bertz CT molecular complexity index is 88.4. The number of aliphatic hydroxyl groups is 1. The van der Waals surface area contributed by atoms with E-state index in [0.29, 0.717) is 0 Å². The van der Waals surface area contributed by atoms with Gasteiger partial charge < -0.3 is 9.84 Å². The minimum Gasteiger partial charge on any atom is -0.365 e. The maximum absolute atomic E-state index is 9.46. The van der Waals surface area contributed by atoms with Crippen molar-refractivity contribution in [3.05, 3.63) is 0 Å². The maximum Gasteiger partial charge on any atom is 0.165 e. The molecule has 1 aliphatic carbocycles. The third-order valence-corrected chi connectivity index (χ3v) is 2.01. The summed E-state index contributed by atoms with van der Waals surface area (Å²) in [6.07, 6.45) is 5.06. The van der Waals surface area contributed by atoms with Gasteiger partial charge in [0.25, 0.3) is 0 Å². The lowest BCUT2D eigenvalue weighted by Gasteiger charge is -2.29. The lowest BCUT2D eigenvalue weighted by molar-refractivity contribution is -0.202. The van der Waals surface area contributed by atoms with Gasteiger partial charge in [-0.3, -0.25) is 10.5 Å². The lowest BCUT2D eigenvalue weighted by Crippen LogP contribution is -2.32. The highest BCUT2D eigenvalue weighted by Crippen LogP contribution is 2.27. The van der Waals surface area contributed by atoms with E-state index in [1.165, 1.54) is 6.42 Å². The van der Waals surface area contributed by atoms with Gasteiger partial charge in [-0.15, -0.1) is 0 Å². The van der Waals surface area contributed by atoms with Gasteiger partial charge in [-0.25, -0.2) is 0 Å². The van der Waals surface area contributed by atoms with Gasteiger partial charge in [0.05, 0.1) is 0 Å². The topological polar surface area (TPSA) is 69.9 Å². The normalized spacial score (nSPS) is 21.8. The predicted molar refractivity (Wildman–Crippen MR) is 40.3 cm³/mol. The Morgan fingerprint density at radius 1 is 1.09 bits per heavy atom. The summed E-state index contributed by atoms with van der Waals surface area (Å²) in [7, 11) is 1.57. The van der Waals surface area contributed by atoms with Crippen molar-refractivity contribution in [1.29, 1.82) is 0 Å². The van der Waals surface area contributed by atoms with Crippen molar-refractivity contribution >= 4 is 0 Å². The lowest BCUT2D eigenvalue weighted by atomic mass is 9.94. The van der Waals surface area contributed by atoms with Crippen LogP contribution in [0.15, 0.2) is 0 Å². The molecule has 68 valence electrons. The van der Waals surface area contributed by atoms with Crippen LogP contribution in [0.5, 0.6) is 0 Å². The smallest absolute Gasteiger partial charge is 0.165 e. The molecule has 1 aliphatic rings. The average molecular weight is 164 g/mol. The van der Waals surface area contributed by atoms with E-state index in [0.717, 1.165) is 25.7 Å². The molecule has 0 aromatic heterocycles. The van der Waals surface area contributed by atoms with Gasteiger partial charge in [-0.2, -0.15) is 0 Å². The van der Waals surface area contributed by atoms with E-state index in [9.17, 15) is 5.11 Å². The molecular weight excluding hydrogens is 148 g/mol. The highest BCUT2D eigenvalue weighted by atomic mass is 17.0. The highest BCUT2D eigenvalue weighted by molar-refractivity contribution is 4.71. The summed E-state index contributed by atoms with van der Waals surface area (Å²) in [5, 5.41) is 21.5. The number of methoxy groups -OCH3 is 1. The molecule has 1 fully saturated rings. The second-order valence-corrected chi connectivity index (χ2v) is 2.71. The van der Waals surface area contributed by atoms with Gasteiger partial charge in [-0.1, -0.05) is 6.42 Å². The highest BCUT2D eigenvalue weighted by Gasteiger charge is 2.27. The van der Waals surface area contributed by atoms with Crippen molar-refractivity contribution in [2.24, 2.45) is 0 Å². The molecule has 0 spiro atoms. The van der Waals surface area contributed by atoms with Crippen molar-refractivity contribution in [3.8, 4) is 0 Å². The Labute approximate surface area is 66.4 Å². The molecule has 1 rings (SSSR count). The van der Waals surface area contributed by atoms with Crippen LogP contribution < -0.4 is 0 Å². The molecule has 0 heterocycles. The third kappa shape index (κ3) is 3.67. The molecule has 4 nitrogen and oxygen atoms in total. The van der Waals surface area contributed by atoms with Crippen molar-refractivity contribution < 1.29 is 20.4 Å². The summed E-state index contributed by atoms with van der Waals surface area (Å²) in [4.78, 5) is 0. The average Bonchev–Trinajstić information content (AvgIpc) is 2.10. The van der Waals surface area contributed by atoms with E-state index in [4.69, 9.17) is 15.3 Å². The zero-order valence-corrected chi connectivity index (χ0v) is 6.79. The molecule has 0 radical (unpaired) electrons. The summed E-state index contributed by atoms with van der Waals surface area (Å²) >= 11 is 0. The summed E-state index contributed by atoms with van der Waals surface area (Å²) in [5.74, 6) is -0.780. The monoisotopic (exact) mass is 164 g/mol. The van der Waals surface area contributed by atoms with Crippen molar-refractivity contribution in [2.75, 3.05) is 7.11 Å². The first-order valence-electron chi connectivity index (χ1n) is 3.74. The quantitative estimate of drug-likeness (QED) is 0.310. The Balaban J connectivity index is 0.000000461. The van der Waals surface area contributed by atoms with E-state index in [2.05, 4.69) is 0 Å². The Hall–Kier alpha value is -0.160. The Morgan fingerprint density at radius 3 is 1.82 bits per heavy atom. The first-order valence-corrected chi connectivity index (χ1v) is 3.74. The predicted octanol–water partition coefficient (Wildman–Crippen LogP) is 1.30. The number of ether oxygens (including phenoxy) is 1. The minimum absolute atomic E-state index is 0.780. The van der Waals surface area contributed by atoms with E-state index in [1.807, 2.05) is 0 Å². The van der Waals surface area contributed by atoms with E-state index >= 15 is 0 Å². The standard InChI is InChI=1S/C7H14O2.H2O2/c1-9-7(8)5-3-2-4-6-7;1-2/h8H,2-6H2,1H3;1-2H. The fraction of sp³-hybridized carbons (Fsp3) is 1.00. The van der Waals surface area contributed by atoms with E-state index in [-0.39, 0.29) is 0 Å². The summed E-state index contributed by atoms with van der Waals surface area (Å²) in [6.45, 7) is 0. The van der Waals surface area contributed by atoms with Gasteiger partial charge in [0.1, 0.15) is 0 Å². The van der Waals surface area contributed by atoms with Crippen molar-refractivity contribution in [1.82, 2.24) is 0 Å². The van der Waals surface area contributed by atoms with Crippen LogP contribution >= 0.6 is 0 Å². The molecule has 0 saturated heterocycles. The van der Waals surface area contributed by atoms with Gasteiger partial charge in [0.2, 0.25) is 0 Å². The molecule has 0 aromatic rings. The zero-order valence-electron chi connectivity index (χ0n) is 6.79. The van der Waals surface area contributed by atoms with Crippen LogP contribution in [0.2, 0.25) is 0 Å². The van der Waals surface area contributed by atoms with Crippen LogP contribution in [0, 0.1) is 0 Å². The molecular formula is C7H16O4. The van der Waals surface area contributed by atoms with Crippen LogP contribution in [0.1, 0.15) is 32.1 Å². The molecule has 3 N–H and O–H groups in total. The maximum atomic E-state index is 9.46. The molecule has 11 heavy (non-hydrogen) atoms. The SMILES string of the molecule is COC1(O)CCCCC1.OO. The molecule has 0 amide bonds. The van der Waals surface area contributed by atoms with E-state index < -0.39 is 5.79 Å². The van der Waals surface area contributed by atoms with Crippen molar-refractivity contribution in [2.45, 2.75) is 37.9 Å². The minimum atomic E-state index is -0.780. The largest absolute Gasteiger partial charge is 0.365 e. The van der Waals surface area contributed by atoms with E-state index in [1.54, 1.807) is 7.11 Å². The zero-order chi connectivity index (χ0) is 8.74. The van der Waals surface area contributed by atoms with Gasteiger partial charge >= 0.3 is 0 Å². The van der Waals surface area contributed by atoms with Crippen LogP contribution in [-0.2, 0) is 4.74 Å². The fourth-order valence-corrected chi connectivity index (χ4v) is 1.31. The van der Waals surface area contributed by atoms with Crippen LogP contribution in [0.3, 0.4) is 0 Å². The Morgan fingerprint density at radius 2 is 1.55 bits per heavy atom. The van der Waals surface area contributed by atoms with Gasteiger partial charge in [0, 0.05) is 20.0 Å². The van der Waals surface area contributed by atoms with Gasteiger partial charge in [-0.05, 0) is 12.8 Å². The summed E-state index contributed by atoms with van der Waals surface area (Å²) < 4.78 is 4.93. The molecule has 0 bridgehead atoms. The first kappa shape index (κ1) is 10.8. The summed E-state index contributed by atoms with van der Waals surface area (Å²) in [5.41, 5.74) is 0. The number of hydrogen-bond donors (Lipinski definition) is 3. The molecule has 0 atom stereocenters. The first-order chi connectivity index (χ1) is 5.27. The molecule has 0 unspecified atom stereocenters. The molecule has 0 aliphatic heterocycles. The molecule has 1 saturated carbocycles. The van der Waals surface area contributed by atoms with Crippen LogP contribution in [0.4, 0.5) is 0 Å². The molecule has 4 heteroatoms.